The van der Waals surface area contributed by atoms with Crippen LogP contribution in [0.4, 0.5) is 0 Å². The summed E-state index contributed by atoms with van der Waals surface area (Å²) in [5.41, 5.74) is 6.57. The van der Waals surface area contributed by atoms with E-state index in [0.29, 0.717) is 0 Å². The molecule has 0 radical (unpaired) electrons. The highest BCUT2D eigenvalue weighted by atomic mass is 127. The van der Waals surface area contributed by atoms with Crippen LogP contribution < -0.4 is 0 Å². The Morgan fingerprint density at radius 3 is 1.50 bits per heavy atom. The van der Waals surface area contributed by atoms with E-state index in [2.05, 4.69) is 132 Å². The summed E-state index contributed by atoms with van der Waals surface area (Å²) < 4.78 is 1.28. The number of rotatable bonds is 4. The van der Waals surface area contributed by atoms with E-state index in [-0.39, 0.29) is 5.92 Å². The van der Waals surface area contributed by atoms with Crippen molar-refractivity contribution in [2.24, 2.45) is 0 Å². The quantitative estimate of drug-likeness (QED) is 0.231. The van der Waals surface area contributed by atoms with Gasteiger partial charge in [0, 0.05) is 9.49 Å². The summed E-state index contributed by atoms with van der Waals surface area (Å²) in [6.45, 7) is 0. The predicted molar refractivity (Wildman–Crippen MR) is 118 cm³/mol. The Bertz CT molecular complexity index is 951. The van der Waals surface area contributed by atoms with Gasteiger partial charge in [0.1, 0.15) is 0 Å². The molecule has 0 amide bonds. The van der Waals surface area contributed by atoms with Gasteiger partial charge in [-0.05, 0) is 56.5 Å². The molecular formula is C25H19I. The standard InChI is InChI=1S/C25H19I/c26-24-18-10-9-16-22(24)21-15-7-8-17-23(21)25(19-11-3-1-4-12-19)20-13-5-2-6-14-20/h1-18,25H. The first-order valence-corrected chi connectivity index (χ1v) is 9.86. The fourth-order valence-electron chi connectivity index (χ4n) is 3.52. The third-order valence-corrected chi connectivity index (χ3v) is 5.64. The summed E-state index contributed by atoms with van der Waals surface area (Å²) in [5.74, 6) is 0.213. The van der Waals surface area contributed by atoms with E-state index in [1.165, 1.54) is 31.4 Å². The molecule has 0 heterocycles. The average Bonchev–Trinajstić information content (AvgIpc) is 2.71. The van der Waals surface area contributed by atoms with Gasteiger partial charge >= 0.3 is 0 Å². The van der Waals surface area contributed by atoms with Crippen molar-refractivity contribution in [3.05, 3.63) is 129 Å². The van der Waals surface area contributed by atoms with Crippen LogP contribution in [0.15, 0.2) is 109 Å². The molecule has 0 nitrogen and oxygen atoms in total. The first-order valence-electron chi connectivity index (χ1n) is 8.78. The molecule has 0 aliphatic rings. The summed E-state index contributed by atoms with van der Waals surface area (Å²) in [6, 6.07) is 39.0. The van der Waals surface area contributed by atoms with Gasteiger partial charge in [0.25, 0.3) is 0 Å². The predicted octanol–water partition coefficient (Wildman–Crippen LogP) is 7.14. The van der Waals surface area contributed by atoms with Crippen LogP contribution in [0.25, 0.3) is 11.1 Å². The van der Waals surface area contributed by atoms with Crippen LogP contribution >= 0.6 is 22.6 Å². The van der Waals surface area contributed by atoms with Crippen LogP contribution in [0.3, 0.4) is 0 Å². The normalized spacial score (nSPS) is 10.8. The van der Waals surface area contributed by atoms with Crippen molar-refractivity contribution in [1.29, 1.82) is 0 Å². The Morgan fingerprint density at radius 1 is 0.462 bits per heavy atom. The fraction of sp³-hybridized carbons (Fsp3) is 0.0400. The minimum Gasteiger partial charge on any atom is -0.0622 e. The molecule has 0 fully saturated rings. The van der Waals surface area contributed by atoms with Gasteiger partial charge in [-0.25, -0.2) is 0 Å². The smallest absolute Gasteiger partial charge is 0.0346 e. The lowest BCUT2D eigenvalue weighted by atomic mass is 9.81. The molecule has 1 heteroatoms. The maximum absolute atomic E-state index is 2.43. The van der Waals surface area contributed by atoms with Crippen molar-refractivity contribution in [3.8, 4) is 11.1 Å². The average molecular weight is 446 g/mol. The van der Waals surface area contributed by atoms with Gasteiger partial charge in [-0.15, -0.1) is 0 Å². The summed E-state index contributed by atoms with van der Waals surface area (Å²) in [6.07, 6.45) is 0. The second kappa shape index (κ2) is 7.88. The zero-order valence-electron chi connectivity index (χ0n) is 14.3. The lowest BCUT2D eigenvalue weighted by Crippen LogP contribution is -2.05. The third-order valence-electron chi connectivity index (χ3n) is 4.70. The summed E-state index contributed by atoms with van der Waals surface area (Å²) in [7, 11) is 0. The van der Waals surface area contributed by atoms with Crippen molar-refractivity contribution in [1.82, 2.24) is 0 Å². The van der Waals surface area contributed by atoms with E-state index in [4.69, 9.17) is 0 Å². The van der Waals surface area contributed by atoms with Crippen LogP contribution in [0.1, 0.15) is 22.6 Å². The molecule has 26 heavy (non-hydrogen) atoms. The molecule has 0 bridgehead atoms. The van der Waals surface area contributed by atoms with Gasteiger partial charge in [-0.2, -0.15) is 0 Å². The molecular weight excluding hydrogens is 427 g/mol. The molecule has 0 N–H and O–H groups in total. The van der Waals surface area contributed by atoms with Gasteiger partial charge in [0.15, 0.2) is 0 Å². The number of hydrogen-bond donors (Lipinski definition) is 0. The molecule has 0 aliphatic carbocycles. The molecule has 0 atom stereocenters. The maximum atomic E-state index is 2.43. The SMILES string of the molecule is Ic1ccccc1-c1ccccc1C(c1ccccc1)c1ccccc1. The topological polar surface area (TPSA) is 0 Å². The van der Waals surface area contributed by atoms with E-state index in [9.17, 15) is 0 Å². The van der Waals surface area contributed by atoms with Crippen LogP contribution in [0.5, 0.6) is 0 Å². The van der Waals surface area contributed by atoms with E-state index >= 15 is 0 Å². The molecule has 126 valence electrons. The van der Waals surface area contributed by atoms with Crippen LogP contribution in [0.2, 0.25) is 0 Å². The van der Waals surface area contributed by atoms with E-state index < -0.39 is 0 Å². The van der Waals surface area contributed by atoms with E-state index in [0.717, 1.165) is 0 Å². The van der Waals surface area contributed by atoms with Crippen molar-refractivity contribution in [3.63, 3.8) is 0 Å². The first kappa shape index (κ1) is 17.0. The van der Waals surface area contributed by atoms with E-state index in [1.54, 1.807) is 0 Å². The molecule has 0 aromatic heterocycles. The van der Waals surface area contributed by atoms with Crippen molar-refractivity contribution < 1.29 is 0 Å². The monoisotopic (exact) mass is 446 g/mol. The summed E-state index contributed by atoms with van der Waals surface area (Å²) in [4.78, 5) is 0. The van der Waals surface area contributed by atoms with Crippen molar-refractivity contribution in [2.45, 2.75) is 5.92 Å². The lowest BCUT2D eigenvalue weighted by Gasteiger charge is -2.22. The van der Waals surface area contributed by atoms with E-state index in [1.807, 2.05) is 0 Å². The van der Waals surface area contributed by atoms with Gasteiger partial charge in [-0.3, -0.25) is 0 Å². The summed E-state index contributed by atoms with van der Waals surface area (Å²) in [5, 5.41) is 0. The molecule has 0 unspecified atom stereocenters. The zero-order chi connectivity index (χ0) is 17.8. The second-order valence-corrected chi connectivity index (χ2v) is 7.48. The molecule has 4 aromatic rings. The molecule has 4 aromatic carbocycles. The number of benzene rings is 4. The van der Waals surface area contributed by atoms with Crippen LogP contribution in [-0.2, 0) is 0 Å². The van der Waals surface area contributed by atoms with Gasteiger partial charge < -0.3 is 0 Å². The van der Waals surface area contributed by atoms with Gasteiger partial charge in [0.05, 0.1) is 0 Å². The molecule has 0 spiro atoms. The Kier molecular flexibility index (Phi) is 5.16. The molecule has 0 saturated carbocycles. The van der Waals surface area contributed by atoms with Crippen LogP contribution in [0, 0.1) is 3.57 Å². The molecule has 0 aliphatic heterocycles. The van der Waals surface area contributed by atoms with Gasteiger partial charge in [-0.1, -0.05) is 103 Å². The highest BCUT2D eigenvalue weighted by molar-refractivity contribution is 14.1. The highest BCUT2D eigenvalue weighted by Crippen LogP contribution is 2.38. The zero-order valence-corrected chi connectivity index (χ0v) is 16.5. The summed E-state index contributed by atoms with van der Waals surface area (Å²) >= 11 is 2.43. The Balaban J connectivity index is 1.95. The molecule has 0 saturated heterocycles. The Hall–Kier alpha value is -2.39. The molecule has 4 rings (SSSR count). The minimum atomic E-state index is 0.213. The Morgan fingerprint density at radius 2 is 0.923 bits per heavy atom. The maximum Gasteiger partial charge on any atom is 0.0346 e. The number of halogens is 1. The van der Waals surface area contributed by atoms with Crippen molar-refractivity contribution in [2.75, 3.05) is 0 Å². The van der Waals surface area contributed by atoms with Gasteiger partial charge in [0.2, 0.25) is 0 Å². The highest BCUT2D eigenvalue weighted by Gasteiger charge is 2.20. The first-order chi connectivity index (χ1) is 12.8. The second-order valence-electron chi connectivity index (χ2n) is 6.32. The largest absolute Gasteiger partial charge is 0.0622 e. The fourth-order valence-corrected chi connectivity index (χ4v) is 4.19. The third kappa shape index (κ3) is 3.45. The van der Waals surface area contributed by atoms with Crippen LogP contribution in [-0.4, -0.2) is 0 Å². The Labute approximate surface area is 168 Å². The minimum absolute atomic E-state index is 0.213. The van der Waals surface area contributed by atoms with Crippen molar-refractivity contribution >= 4 is 22.6 Å². The lowest BCUT2D eigenvalue weighted by molar-refractivity contribution is 0.979. The number of hydrogen-bond acceptors (Lipinski definition) is 0.